The Morgan fingerprint density at radius 1 is 1.29 bits per heavy atom. The van der Waals surface area contributed by atoms with E-state index in [9.17, 15) is 9.59 Å². The molecule has 21 heavy (non-hydrogen) atoms. The molecule has 1 aromatic carbocycles. The second kappa shape index (κ2) is 6.85. The molecule has 0 radical (unpaired) electrons. The Bertz CT molecular complexity index is 694. The summed E-state index contributed by atoms with van der Waals surface area (Å²) in [5.74, 6) is -0.0766. The maximum Gasteiger partial charge on any atom is 0.271 e. The lowest BCUT2D eigenvalue weighted by Gasteiger charge is -2.04. The number of hydrazone groups is 1. The molecular weight excluding hydrogens is 338 g/mol. The van der Waals surface area contributed by atoms with Gasteiger partial charge in [-0.1, -0.05) is 6.07 Å². The van der Waals surface area contributed by atoms with Gasteiger partial charge in [-0.3, -0.25) is 9.59 Å². The fraction of sp³-hybridized carbons (Fsp3) is 0.0714. The van der Waals surface area contributed by atoms with Gasteiger partial charge in [0.1, 0.15) is 5.76 Å². The van der Waals surface area contributed by atoms with E-state index in [-0.39, 0.29) is 11.8 Å². The van der Waals surface area contributed by atoms with Crippen molar-refractivity contribution in [2.75, 3.05) is 5.32 Å². The molecule has 0 spiro atoms. The standard InChI is InChI=1S/C14H12BrN3O3/c1-9(19)17-11-4-2-3-10(7-11)14(20)18-16-8-12-5-6-13(15)21-12/h2-8H,1H3,(H,17,19)(H,18,20)/b16-8-. The van der Waals surface area contributed by atoms with E-state index in [0.717, 1.165) is 0 Å². The van der Waals surface area contributed by atoms with Crippen LogP contribution in [0.2, 0.25) is 0 Å². The first kappa shape index (κ1) is 15.0. The molecule has 7 heteroatoms. The summed E-state index contributed by atoms with van der Waals surface area (Å²) in [4.78, 5) is 22.9. The summed E-state index contributed by atoms with van der Waals surface area (Å²) in [5.41, 5.74) is 3.32. The van der Waals surface area contributed by atoms with Gasteiger partial charge in [-0.2, -0.15) is 5.10 Å². The fourth-order valence-corrected chi connectivity index (χ4v) is 1.88. The zero-order chi connectivity index (χ0) is 15.2. The van der Waals surface area contributed by atoms with Crippen molar-refractivity contribution in [3.8, 4) is 0 Å². The van der Waals surface area contributed by atoms with E-state index in [1.54, 1.807) is 36.4 Å². The summed E-state index contributed by atoms with van der Waals surface area (Å²) < 4.78 is 5.78. The number of amides is 2. The van der Waals surface area contributed by atoms with E-state index in [2.05, 4.69) is 31.8 Å². The molecule has 0 aliphatic rings. The van der Waals surface area contributed by atoms with Crippen LogP contribution in [0.5, 0.6) is 0 Å². The van der Waals surface area contributed by atoms with E-state index in [1.807, 2.05) is 0 Å². The van der Waals surface area contributed by atoms with Gasteiger partial charge in [0, 0.05) is 18.2 Å². The van der Waals surface area contributed by atoms with Gasteiger partial charge >= 0.3 is 0 Å². The highest BCUT2D eigenvalue weighted by molar-refractivity contribution is 9.10. The van der Waals surface area contributed by atoms with Crippen molar-refractivity contribution in [3.05, 3.63) is 52.4 Å². The van der Waals surface area contributed by atoms with Gasteiger partial charge in [-0.25, -0.2) is 5.43 Å². The van der Waals surface area contributed by atoms with Gasteiger partial charge in [-0.05, 0) is 46.3 Å². The summed E-state index contributed by atoms with van der Waals surface area (Å²) >= 11 is 3.17. The summed E-state index contributed by atoms with van der Waals surface area (Å²) in [7, 11) is 0. The second-order valence-electron chi connectivity index (χ2n) is 4.10. The summed E-state index contributed by atoms with van der Waals surface area (Å²) in [6.07, 6.45) is 1.39. The van der Waals surface area contributed by atoms with Crippen LogP contribution >= 0.6 is 15.9 Å². The van der Waals surface area contributed by atoms with E-state index in [4.69, 9.17) is 4.42 Å². The Morgan fingerprint density at radius 3 is 2.76 bits per heavy atom. The highest BCUT2D eigenvalue weighted by atomic mass is 79.9. The van der Waals surface area contributed by atoms with Crippen molar-refractivity contribution in [1.29, 1.82) is 0 Å². The molecule has 2 aromatic rings. The third-order valence-corrected chi connectivity index (χ3v) is 2.82. The number of nitrogens with zero attached hydrogens (tertiary/aromatic N) is 1. The Morgan fingerprint density at radius 2 is 2.10 bits per heavy atom. The first-order chi connectivity index (χ1) is 10.0. The molecule has 0 aliphatic heterocycles. The number of anilines is 1. The summed E-state index contributed by atoms with van der Waals surface area (Å²) in [6, 6.07) is 9.99. The minimum absolute atomic E-state index is 0.200. The molecule has 6 nitrogen and oxygen atoms in total. The zero-order valence-electron chi connectivity index (χ0n) is 11.1. The number of rotatable bonds is 4. The number of furan rings is 1. The monoisotopic (exact) mass is 349 g/mol. The van der Waals surface area contributed by atoms with Crippen LogP contribution in [-0.4, -0.2) is 18.0 Å². The van der Waals surface area contributed by atoms with E-state index < -0.39 is 0 Å². The molecule has 2 amide bonds. The molecule has 0 bridgehead atoms. The minimum Gasteiger partial charge on any atom is -0.448 e. The molecule has 0 atom stereocenters. The Balaban J connectivity index is 2.00. The van der Waals surface area contributed by atoms with Crippen LogP contribution in [0.3, 0.4) is 0 Å². The van der Waals surface area contributed by atoms with Gasteiger partial charge in [0.25, 0.3) is 5.91 Å². The molecular formula is C14H12BrN3O3. The van der Waals surface area contributed by atoms with Gasteiger partial charge in [0.05, 0.1) is 6.21 Å². The summed E-state index contributed by atoms with van der Waals surface area (Å²) in [6.45, 7) is 1.40. The molecule has 0 saturated heterocycles. The number of nitrogens with one attached hydrogen (secondary N) is 2. The van der Waals surface area contributed by atoms with Gasteiger partial charge in [-0.15, -0.1) is 0 Å². The molecule has 108 valence electrons. The molecule has 0 aliphatic carbocycles. The molecule has 0 fully saturated rings. The molecule has 1 aromatic heterocycles. The van der Waals surface area contributed by atoms with E-state index in [0.29, 0.717) is 21.7 Å². The van der Waals surface area contributed by atoms with Crippen LogP contribution in [0.4, 0.5) is 5.69 Å². The SMILES string of the molecule is CC(=O)Nc1cccc(C(=O)N/N=C\c2ccc(Br)o2)c1. The third kappa shape index (κ3) is 4.57. The van der Waals surface area contributed by atoms with E-state index in [1.165, 1.54) is 13.1 Å². The van der Waals surface area contributed by atoms with Gasteiger partial charge in [0.2, 0.25) is 5.91 Å². The predicted molar refractivity (Wildman–Crippen MR) is 82.2 cm³/mol. The molecule has 0 saturated carbocycles. The Labute approximate surface area is 129 Å². The fourth-order valence-electron chi connectivity index (χ4n) is 1.56. The van der Waals surface area contributed by atoms with E-state index >= 15 is 0 Å². The van der Waals surface area contributed by atoms with Gasteiger partial charge < -0.3 is 9.73 Å². The number of carbonyl (C=O) groups is 2. The molecule has 0 unspecified atom stereocenters. The first-order valence-corrected chi connectivity index (χ1v) is 6.80. The Kier molecular flexibility index (Phi) is 4.89. The zero-order valence-corrected chi connectivity index (χ0v) is 12.7. The average Bonchev–Trinajstić information content (AvgIpc) is 2.84. The van der Waals surface area contributed by atoms with Crippen LogP contribution in [0, 0.1) is 0 Å². The average molecular weight is 350 g/mol. The van der Waals surface area contributed by atoms with Crippen molar-refractivity contribution in [2.45, 2.75) is 6.92 Å². The highest BCUT2D eigenvalue weighted by Crippen LogP contribution is 2.12. The van der Waals surface area contributed by atoms with Gasteiger partial charge in [0.15, 0.2) is 4.67 Å². The molecule has 1 heterocycles. The maximum atomic E-state index is 11.9. The lowest BCUT2D eigenvalue weighted by Crippen LogP contribution is -2.18. The minimum atomic E-state index is -0.385. The van der Waals surface area contributed by atoms with Crippen LogP contribution in [-0.2, 0) is 4.79 Å². The maximum absolute atomic E-state index is 11.9. The van der Waals surface area contributed by atoms with Crippen molar-refractivity contribution in [1.82, 2.24) is 5.43 Å². The van der Waals surface area contributed by atoms with Crippen LogP contribution in [0.1, 0.15) is 23.0 Å². The van der Waals surface area contributed by atoms with Crippen LogP contribution < -0.4 is 10.7 Å². The third-order valence-electron chi connectivity index (χ3n) is 2.40. The van der Waals surface area contributed by atoms with Crippen LogP contribution in [0.25, 0.3) is 0 Å². The lowest BCUT2D eigenvalue weighted by atomic mass is 10.2. The quantitative estimate of drug-likeness (QED) is 0.657. The normalized spacial score (nSPS) is 10.6. The van der Waals surface area contributed by atoms with Crippen molar-refractivity contribution >= 4 is 39.6 Å². The highest BCUT2D eigenvalue weighted by Gasteiger charge is 2.05. The second-order valence-corrected chi connectivity index (χ2v) is 4.88. The number of benzene rings is 1. The van der Waals surface area contributed by atoms with Crippen LogP contribution in [0.15, 0.2) is 50.6 Å². The summed E-state index contributed by atoms with van der Waals surface area (Å²) in [5, 5.41) is 6.40. The number of carbonyl (C=O) groups excluding carboxylic acids is 2. The smallest absolute Gasteiger partial charge is 0.271 e. The number of halogens is 1. The number of hydrogen-bond donors (Lipinski definition) is 2. The lowest BCUT2D eigenvalue weighted by molar-refractivity contribution is -0.114. The van der Waals surface area contributed by atoms with Crippen molar-refractivity contribution in [3.63, 3.8) is 0 Å². The van der Waals surface area contributed by atoms with Crippen molar-refractivity contribution in [2.24, 2.45) is 5.10 Å². The first-order valence-electron chi connectivity index (χ1n) is 6.01. The topological polar surface area (TPSA) is 83.7 Å². The molecule has 2 rings (SSSR count). The Hall–Kier alpha value is -2.41. The number of hydrogen-bond acceptors (Lipinski definition) is 4. The molecule has 2 N–H and O–H groups in total. The largest absolute Gasteiger partial charge is 0.448 e. The van der Waals surface area contributed by atoms with Crippen molar-refractivity contribution < 1.29 is 14.0 Å². The predicted octanol–water partition coefficient (Wildman–Crippen LogP) is 2.76.